The molecule has 4 heteroatoms. The first kappa shape index (κ1) is 10.1. The summed E-state index contributed by atoms with van der Waals surface area (Å²) in [6.07, 6.45) is 0. The summed E-state index contributed by atoms with van der Waals surface area (Å²) in [5.74, 6) is 0.159. The van der Waals surface area contributed by atoms with Gasteiger partial charge in [-0.25, -0.2) is 9.37 Å². The van der Waals surface area contributed by atoms with Crippen LogP contribution in [0.5, 0.6) is 0 Å². The monoisotopic (exact) mass is 208 g/mol. The molecule has 0 atom stereocenters. The maximum Gasteiger partial charge on any atom is 0.151 e. The Labute approximate surface area is 87.2 Å². The second-order valence-electron chi connectivity index (χ2n) is 3.76. The standard InChI is InChI=1S/C11H13FN2O/c1-7(2)14-9-5-3-4-8(12)11(9)13-10(14)6-15/h3-5,7,15H,6H2,1-2H3. The molecule has 1 aromatic heterocycles. The van der Waals surface area contributed by atoms with Crippen molar-refractivity contribution in [3.8, 4) is 0 Å². The molecule has 0 aliphatic rings. The lowest BCUT2D eigenvalue weighted by Gasteiger charge is -2.11. The average molecular weight is 208 g/mol. The number of imidazole rings is 1. The van der Waals surface area contributed by atoms with Crippen LogP contribution in [0.15, 0.2) is 18.2 Å². The number of benzene rings is 1. The van der Waals surface area contributed by atoms with Crippen molar-refractivity contribution in [3.05, 3.63) is 29.8 Å². The van der Waals surface area contributed by atoms with Crippen molar-refractivity contribution in [1.82, 2.24) is 9.55 Å². The van der Waals surface area contributed by atoms with Gasteiger partial charge >= 0.3 is 0 Å². The van der Waals surface area contributed by atoms with E-state index in [9.17, 15) is 4.39 Å². The van der Waals surface area contributed by atoms with E-state index in [0.29, 0.717) is 11.3 Å². The van der Waals surface area contributed by atoms with Gasteiger partial charge in [-0.05, 0) is 26.0 Å². The molecule has 2 aromatic rings. The van der Waals surface area contributed by atoms with Gasteiger partial charge < -0.3 is 9.67 Å². The Kier molecular flexibility index (Phi) is 2.44. The lowest BCUT2D eigenvalue weighted by atomic mass is 10.3. The van der Waals surface area contributed by atoms with Crippen LogP contribution < -0.4 is 0 Å². The number of hydrogen-bond acceptors (Lipinski definition) is 2. The molecule has 0 fully saturated rings. The fraction of sp³-hybridized carbons (Fsp3) is 0.364. The van der Waals surface area contributed by atoms with Crippen molar-refractivity contribution in [2.24, 2.45) is 0 Å². The smallest absolute Gasteiger partial charge is 0.151 e. The summed E-state index contributed by atoms with van der Waals surface area (Å²) in [7, 11) is 0. The van der Waals surface area contributed by atoms with Crippen molar-refractivity contribution in [2.75, 3.05) is 0 Å². The van der Waals surface area contributed by atoms with Crippen LogP contribution in [-0.4, -0.2) is 14.7 Å². The predicted molar refractivity (Wildman–Crippen MR) is 56.0 cm³/mol. The molecular formula is C11H13FN2O. The quantitative estimate of drug-likeness (QED) is 0.822. The van der Waals surface area contributed by atoms with E-state index in [4.69, 9.17) is 5.11 Å². The molecule has 0 unspecified atom stereocenters. The van der Waals surface area contributed by atoms with Crippen LogP contribution in [0.2, 0.25) is 0 Å². The van der Waals surface area contributed by atoms with E-state index in [1.165, 1.54) is 6.07 Å². The number of nitrogens with zero attached hydrogens (tertiary/aromatic N) is 2. The molecule has 80 valence electrons. The maximum absolute atomic E-state index is 13.4. The number of halogens is 1. The molecule has 1 heterocycles. The molecule has 1 N–H and O–H groups in total. The summed E-state index contributed by atoms with van der Waals surface area (Å²) in [6, 6.07) is 4.99. The van der Waals surface area contributed by atoms with E-state index < -0.39 is 0 Å². The molecule has 15 heavy (non-hydrogen) atoms. The summed E-state index contributed by atoms with van der Waals surface area (Å²) in [6.45, 7) is 3.78. The molecule has 3 nitrogen and oxygen atoms in total. The molecular weight excluding hydrogens is 195 g/mol. The molecule has 2 rings (SSSR count). The van der Waals surface area contributed by atoms with Crippen molar-refractivity contribution in [1.29, 1.82) is 0 Å². The number of aromatic nitrogens is 2. The molecule has 0 saturated carbocycles. The third-order valence-electron chi connectivity index (χ3n) is 2.40. The summed E-state index contributed by atoms with van der Waals surface area (Å²) in [5.41, 5.74) is 1.06. The van der Waals surface area contributed by atoms with Crippen LogP contribution >= 0.6 is 0 Å². The largest absolute Gasteiger partial charge is 0.388 e. The average Bonchev–Trinajstić information content (AvgIpc) is 2.57. The Morgan fingerprint density at radius 2 is 2.20 bits per heavy atom. The highest BCUT2D eigenvalue weighted by atomic mass is 19.1. The van der Waals surface area contributed by atoms with Gasteiger partial charge in [0.25, 0.3) is 0 Å². The minimum Gasteiger partial charge on any atom is -0.388 e. The minimum absolute atomic E-state index is 0.152. The normalized spacial score (nSPS) is 11.5. The van der Waals surface area contributed by atoms with Gasteiger partial charge in [0.05, 0.1) is 5.52 Å². The van der Waals surface area contributed by atoms with Crippen LogP contribution in [-0.2, 0) is 6.61 Å². The highest BCUT2D eigenvalue weighted by Crippen LogP contribution is 2.22. The van der Waals surface area contributed by atoms with Gasteiger partial charge in [-0.3, -0.25) is 0 Å². The zero-order valence-electron chi connectivity index (χ0n) is 8.74. The van der Waals surface area contributed by atoms with Gasteiger partial charge in [0, 0.05) is 6.04 Å². The molecule has 0 amide bonds. The third-order valence-corrected chi connectivity index (χ3v) is 2.40. The number of aliphatic hydroxyl groups is 1. The predicted octanol–water partition coefficient (Wildman–Crippen LogP) is 2.25. The fourth-order valence-corrected chi connectivity index (χ4v) is 1.82. The van der Waals surface area contributed by atoms with E-state index in [0.717, 1.165) is 5.52 Å². The number of hydrogen-bond donors (Lipinski definition) is 1. The van der Waals surface area contributed by atoms with E-state index in [1.54, 1.807) is 6.07 Å². The highest BCUT2D eigenvalue weighted by Gasteiger charge is 2.14. The Morgan fingerprint density at radius 3 is 2.80 bits per heavy atom. The van der Waals surface area contributed by atoms with Crippen LogP contribution in [0.4, 0.5) is 4.39 Å². The number of para-hydroxylation sites is 1. The Balaban J connectivity index is 2.80. The van der Waals surface area contributed by atoms with Gasteiger partial charge in [0.2, 0.25) is 0 Å². The van der Waals surface area contributed by atoms with Gasteiger partial charge in [-0.2, -0.15) is 0 Å². The molecule has 0 bridgehead atoms. The van der Waals surface area contributed by atoms with Crippen molar-refractivity contribution < 1.29 is 9.50 Å². The van der Waals surface area contributed by atoms with Crippen LogP contribution in [0.3, 0.4) is 0 Å². The van der Waals surface area contributed by atoms with Gasteiger partial charge in [-0.1, -0.05) is 6.07 Å². The molecule has 0 radical (unpaired) electrons. The zero-order valence-corrected chi connectivity index (χ0v) is 8.74. The highest BCUT2D eigenvalue weighted by molar-refractivity contribution is 5.76. The van der Waals surface area contributed by atoms with Crippen LogP contribution in [0, 0.1) is 5.82 Å². The van der Waals surface area contributed by atoms with Gasteiger partial charge in [0.15, 0.2) is 5.82 Å². The molecule has 0 aliphatic carbocycles. The summed E-state index contributed by atoms with van der Waals surface area (Å²) in [5, 5.41) is 9.15. The van der Waals surface area contributed by atoms with E-state index in [2.05, 4.69) is 4.98 Å². The molecule has 0 saturated heterocycles. The molecule has 0 aliphatic heterocycles. The topological polar surface area (TPSA) is 38.0 Å². The second kappa shape index (κ2) is 3.62. The van der Waals surface area contributed by atoms with Crippen molar-refractivity contribution >= 4 is 11.0 Å². The number of aliphatic hydroxyl groups excluding tert-OH is 1. The van der Waals surface area contributed by atoms with Crippen molar-refractivity contribution in [2.45, 2.75) is 26.5 Å². The van der Waals surface area contributed by atoms with Crippen molar-refractivity contribution in [3.63, 3.8) is 0 Å². The van der Waals surface area contributed by atoms with Crippen LogP contribution in [0.1, 0.15) is 25.7 Å². The van der Waals surface area contributed by atoms with Gasteiger partial charge in [0.1, 0.15) is 17.9 Å². The lowest BCUT2D eigenvalue weighted by molar-refractivity contribution is 0.263. The molecule has 0 spiro atoms. The minimum atomic E-state index is -0.346. The summed E-state index contributed by atoms with van der Waals surface area (Å²) < 4.78 is 15.3. The summed E-state index contributed by atoms with van der Waals surface area (Å²) >= 11 is 0. The molecule has 1 aromatic carbocycles. The Bertz CT molecular complexity index is 491. The lowest BCUT2D eigenvalue weighted by Crippen LogP contribution is -2.05. The van der Waals surface area contributed by atoms with E-state index >= 15 is 0 Å². The van der Waals surface area contributed by atoms with E-state index in [-0.39, 0.29) is 18.5 Å². The fourth-order valence-electron chi connectivity index (χ4n) is 1.82. The Hall–Kier alpha value is -1.42. The Morgan fingerprint density at radius 1 is 1.47 bits per heavy atom. The number of rotatable bonds is 2. The van der Waals surface area contributed by atoms with Crippen LogP contribution in [0.25, 0.3) is 11.0 Å². The zero-order chi connectivity index (χ0) is 11.0. The second-order valence-corrected chi connectivity index (χ2v) is 3.76. The first-order valence-corrected chi connectivity index (χ1v) is 4.91. The third kappa shape index (κ3) is 1.51. The maximum atomic E-state index is 13.4. The summed E-state index contributed by atoms with van der Waals surface area (Å²) in [4.78, 5) is 4.09. The first-order chi connectivity index (χ1) is 7.15. The van der Waals surface area contributed by atoms with E-state index in [1.807, 2.05) is 24.5 Å². The SMILES string of the molecule is CC(C)n1c(CO)nc2c(F)cccc21. The van der Waals surface area contributed by atoms with Gasteiger partial charge in [-0.15, -0.1) is 0 Å². The number of fused-ring (bicyclic) bond motifs is 1. The first-order valence-electron chi connectivity index (χ1n) is 4.91.